The van der Waals surface area contributed by atoms with E-state index in [4.69, 9.17) is 11.6 Å². The van der Waals surface area contributed by atoms with Crippen molar-refractivity contribution in [2.45, 2.75) is 19.9 Å². The van der Waals surface area contributed by atoms with Gasteiger partial charge in [-0.1, -0.05) is 11.6 Å². The van der Waals surface area contributed by atoms with Crippen LogP contribution < -0.4 is 4.90 Å². The zero-order chi connectivity index (χ0) is 13.6. The van der Waals surface area contributed by atoms with Gasteiger partial charge in [0.1, 0.15) is 5.69 Å². The number of halogens is 1. The number of amides is 1. The Morgan fingerprint density at radius 2 is 2.16 bits per heavy atom. The van der Waals surface area contributed by atoms with E-state index in [0.29, 0.717) is 17.3 Å². The molecule has 0 unspecified atom stereocenters. The molecule has 98 valence electrons. The van der Waals surface area contributed by atoms with Crippen LogP contribution in [0.15, 0.2) is 30.5 Å². The van der Waals surface area contributed by atoms with Gasteiger partial charge >= 0.3 is 0 Å². The molecule has 0 saturated heterocycles. The molecule has 1 aliphatic rings. The van der Waals surface area contributed by atoms with Crippen molar-refractivity contribution in [2.75, 3.05) is 11.4 Å². The maximum absolute atomic E-state index is 12.5. The smallest absolute Gasteiger partial charge is 0.276 e. The van der Waals surface area contributed by atoms with Crippen LogP contribution in [-0.4, -0.2) is 22.2 Å². The van der Waals surface area contributed by atoms with Gasteiger partial charge < -0.3 is 4.90 Å². The van der Waals surface area contributed by atoms with Crippen LogP contribution >= 0.6 is 11.6 Å². The molecule has 0 aliphatic carbocycles. The molecule has 1 aromatic heterocycles. The van der Waals surface area contributed by atoms with Crippen molar-refractivity contribution in [3.8, 4) is 0 Å². The van der Waals surface area contributed by atoms with Gasteiger partial charge in [0.25, 0.3) is 5.91 Å². The molecule has 1 amide bonds. The molecule has 2 heterocycles. The van der Waals surface area contributed by atoms with Crippen LogP contribution in [0.2, 0.25) is 5.02 Å². The van der Waals surface area contributed by atoms with Gasteiger partial charge in [0.15, 0.2) is 0 Å². The second kappa shape index (κ2) is 4.38. The lowest BCUT2D eigenvalue weighted by Gasteiger charge is -2.32. The fourth-order valence-electron chi connectivity index (χ4n) is 2.42. The minimum atomic E-state index is -0.0164. The van der Waals surface area contributed by atoms with Gasteiger partial charge in [-0.25, -0.2) is 0 Å². The van der Waals surface area contributed by atoms with Gasteiger partial charge in [0.2, 0.25) is 0 Å². The molecule has 1 aliphatic heterocycles. The molecule has 2 aromatic rings. The van der Waals surface area contributed by atoms with E-state index >= 15 is 0 Å². The van der Waals surface area contributed by atoms with E-state index in [9.17, 15) is 4.79 Å². The minimum absolute atomic E-state index is 0.0164. The first kappa shape index (κ1) is 12.2. The molecule has 4 nitrogen and oxygen atoms in total. The van der Waals surface area contributed by atoms with Crippen molar-refractivity contribution in [1.82, 2.24) is 9.78 Å². The highest BCUT2D eigenvalue weighted by Crippen LogP contribution is 2.28. The fourth-order valence-corrected chi connectivity index (χ4v) is 2.53. The number of nitrogens with zero attached hydrogens (tertiary/aromatic N) is 3. The number of hydrogen-bond donors (Lipinski definition) is 0. The van der Waals surface area contributed by atoms with Crippen molar-refractivity contribution in [1.29, 1.82) is 0 Å². The lowest BCUT2D eigenvalue weighted by molar-refractivity contribution is 0.0953. The molecule has 0 radical (unpaired) electrons. The molecule has 1 aromatic carbocycles. The minimum Gasteiger partial charge on any atom is -0.305 e. The van der Waals surface area contributed by atoms with Crippen LogP contribution in [0.4, 0.5) is 5.69 Å². The molecule has 0 N–H and O–H groups in total. The molecule has 0 saturated carbocycles. The van der Waals surface area contributed by atoms with Crippen molar-refractivity contribution < 1.29 is 4.79 Å². The lowest BCUT2D eigenvalue weighted by atomic mass is 10.1. The molecule has 1 atom stereocenters. The third-order valence-electron chi connectivity index (χ3n) is 3.45. The van der Waals surface area contributed by atoms with Crippen molar-refractivity contribution in [2.24, 2.45) is 0 Å². The van der Waals surface area contributed by atoms with Crippen LogP contribution in [-0.2, 0) is 0 Å². The summed E-state index contributed by atoms with van der Waals surface area (Å²) in [5.41, 5.74) is 2.48. The third-order valence-corrected chi connectivity index (χ3v) is 3.88. The quantitative estimate of drug-likeness (QED) is 0.802. The largest absolute Gasteiger partial charge is 0.305 e. The number of benzene rings is 1. The molecule has 0 bridgehead atoms. The Labute approximate surface area is 116 Å². The topological polar surface area (TPSA) is 38.1 Å². The predicted molar refractivity (Wildman–Crippen MR) is 74.8 cm³/mol. The van der Waals surface area contributed by atoms with Crippen LogP contribution in [0.25, 0.3) is 0 Å². The molecule has 0 fully saturated rings. The number of carbonyl (C=O) groups excluding carboxylic acids is 1. The van der Waals surface area contributed by atoms with E-state index in [1.54, 1.807) is 21.8 Å². The van der Waals surface area contributed by atoms with Gasteiger partial charge in [-0.05, 0) is 43.7 Å². The van der Waals surface area contributed by atoms with Gasteiger partial charge in [-0.15, -0.1) is 0 Å². The Hall–Kier alpha value is -1.81. The Bertz CT molecular complexity index is 650. The number of aromatic nitrogens is 2. The first-order valence-corrected chi connectivity index (χ1v) is 6.57. The number of anilines is 1. The maximum atomic E-state index is 12.5. The van der Waals surface area contributed by atoms with Gasteiger partial charge in [-0.2, -0.15) is 5.10 Å². The second-order valence-corrected chi connectivity index (χ2v) is 5.27. The fraction of sp³-hybridized carbons (Fsp3) is 0.286. The Balaban J connectivity index is 2.03. The van der Waals surface area contributed by atoms with Gasteiger partial charge in [-0.3, -0.25) is 9.48 Å². The standard InChI is InChI=1S/C14H14ClN3O/c1-9-7-11(3-4-12(9)15)17-8-10(2)18-13(14(17)19)5-6-16-18/h3-7,10H,8H2,1-2H3/t10-/m0/s1. The molecule has 5 heteroatoms. The van der Waals surface area contributed by atoms with Gasteiger partial charge in [0, 0.05) is 23.5 Å². The van der Waals surface area contributed by atoms with Crippen LogP contribution in [0, 0.1) is 6.92 Å². The summed E-state index contributed by atoms with van der Waals surface area (Å²) in [6, 6.07) is 7.58. The van der Waals surface area contributed by atoms with Crippen molar-refractivity contribution >= 4 is 23.2 Å². The molecular formula is C14H14ClN3O. The van der Waals surface area contributed by atoms with E-state index < -0.39 is 0 Å². The maximum Gasteiger partial charge on any atom is 0.276 e. The summed E-state index contributed by atoms with van der Waals surface area (Å²) in [6.45, 7) is 4.61. The Kier molecular flexibility index (Phi) is 2.82. The monoisotopic (exact) mass is 275 g/mol. The molecule has 0 spiro atoms. The van der Waals surface area contributed by atoms with E-state index in [-0.39, 0.29) is 11.9 Å². The summed E-state index contributed by atoms with van der Waals surface area (Å²) < 4.78 is 1.78. The highest BCUT2D eigenvalue weighted by atomic mass is 35.5. The zero-order valence-electron chi connectivity index (χ0n) is 10.8. The summed E-state index contributed by atoms with van der Waals surface area (Å²) in [5, 5.41) is 4.91. The summed E-state index contributed by atoms with van der Waals surface area (Å²) in [5.74, 6) is -0.0164. The lowest BCUT2D eigenvalue weighted by Crippen LogP contribution is -2.42. The van der Waals surface area contributed by atoms with Crippen LogP contribution in [0.3, 0.4) is 0 Å². The zero-order valence-corrected chi connectivity index (χ0v) is 11.6. The molecular weight excluding hydrogens is 262 g/mol. The van der Waals surface area contributed by atoms with Gasteiger partial charge in [0.05, 0.1) is 6.04 Å². The summed E-state index contributed by atoms with van der Waals surface area (Å²) >= 11 is 6.03. The van der Waals surface area contributed by atoms with Crippen molar-refractivity contribution in [3.63, 3.8) is 0 Å². The average Bonchev–Trinajstić information content (AvgIpc) is 2.87. The third kappa shape index (κ3) is 1.92. The van der Waals surface area contributed by atoms with E-state index in [2.05, 4.69) is 12.0 Å². The van der Waals surface area contributed by atoms with Crippen LogP contribution in [0.5, 0.6) is 0 Å². The number of fused-ring (bicyclic) bond motifs is 1. The van der Waals surface area contributed by atoms with Crippen LogP contribution in [0.1, 0.15) is 29.0 Å². The SMILES string of the molecule is Cc1cc(N2C[C@H](C)n3nccc3C2=O)ccc1Cl. The Morgan fingerprint density at radius 3 is 2.89 bits per heavy atom. The average molecular weight is 276 g/mol. The van der Waals surface area contributed by atoms with E-state index in [0.717, 1.165) is 11.3 Å². The highest BCUT2D eigenvalue weighted by molar-refractivity contribution is 6.31. The highest BCUT2D eigenvalue weighted by Gasteiger charge is 2.30. The summed E-state index contributed by atoms with van der Waals surface area (Å²) in [6.07, 6.45) is 1.67. The number of hydrogen-bond acceptors (Lipinski definition) is 2. The second-order valence-electron chi connectivity index (χ2n) is 4.86. The first-order valence-electron chi connectivity index (χ1n) is 6.19. The molecule has 19 heavy (non-hydrogen) atoms. The Morgan fingerprint density at radius 1 is 1.37 bits per heavy atom. The summed E-state index contributed by atoms with van der Waals surface area (Å²) in [4.78, 5) is 14.2. The first-order chi connectivity index (χ1) is 9.08. The summed E-state index contributed by atoms with van der Waals surface area (Å²) in [7, 11) is 0. The van der Waals surface area contributed by atoms with E-state index in [1.165, 1.54) is 0 Å². The van der Waals surface area contributed by atoms with Crippen molar-refractivity contribution in [3.05, 3.63) is 46.7 Å². The molecule has 3 rings (SSSR count). The van der Waals surface area contributed by atoms with E-state index in [1.807, 2.05) is 25.1 Å². The number of rotatable bonds is 1. The number of carbonyl (C=O) groups is 1. The predicted octanol–water partition coefficient (Wildman–Crippen LogP) is 3.07. The number of aryl methyl sites for hydroxylation is 1. The normalized spacial score (nSPS) is 18.6.